The average Bonchev–Trinajstić information content (AvgIpc) is 3.27. The second-order valence-electron chi connectivity index (χ2n) is 11.1. The number of H-pyrrole nitrogens is 1. The molecule has 1 aliphatic rings. The van der Waals surface area contributed by atoms with E-state index in [0.29, 0.717) is 23.4 Å². The van der Waals surface area contributed by atoms with Gasteiger partial charge in [0.15, 0.2) is 0 Å². The lowest BCUT2D eigenvalue weighted by Crippen LogP contribution is -2.32. The topological polar surface area (TPSA) is 147 Å². The largest absolute Gasteiger partial charge is 0.481 e. The molecule has 1 aliphatic carbocycles. The van der Waals surface area contributed by atoms with Gasteiger partial charge in [0.25, 0.3) is 0 Å². The Morgan fingerprint density at radius 2 is 1.90 bits per heavy atom. The number of carbonyl (C=O) groups excluding carboxylic acids is 3. The highest BCUT2D eigenvalue weighted by Gasteiger charge is 2.31. The fourth-order valence-electron chi connectivity index (χ4n) is 5.19. The molecule has 4 N–H and O–H groups in total. The summed E-state index contributed by atoms with van der Waals surface area (Å²) in [7, 11) is 1.33. The van der Waals surface area contributed by atoms with E-state index in [9.17, 15) is 24.3 Å². The summed E-state index contributed by atoms with van der Waals surface area (Å²) >= 11 is 3.53. The maximum Gasteiger partial charge on any atom is 0.407 e. The highest BCUT2D eigenvalue weighted by molar-refractivity contribution is 9.10. The van der Waals surface area contributed by atoms with E-state index in [1.165, 1.54) is 7.11 Å². The Balaban J connectivity index is 1.53. The van der Waals surface area contributed by atoms with Gasteiger partial charge in [0.05, 0.1) is 7.11 Å². The molecule has 0 radical (unpaired) electrons. The fourth-order valence-corrected chi connectivity index (χ4v) is 5.70. The van der Waals surface area contributed by atoms with Crippen molar-refractivity contribution in [3.05, 3.63) is 62.8 Å². The van der Waals surface area contributed by atoms with Crippen LogP contribution in [-0.2, 0) is 38.4 Å². The number of methoxy groups -OCH3 is 1. The Bertz CT molecular complexity index is 1510. The molecular weight excluding hydrogens is 594 g/mol. The van der Waals surface area contributed by atoms with Gasteiger partial charge in [-0.25, -0.2) is 9.59 Å². The number of halogens is 1. The zero-order valence-corrected chi connectivity index (χ0v) is 25.1. The summed E-state index contributed by atoms with van der Waals surface area (Å²) < 4.78 is 11.2. The molecule has 2 amide bonds. The Hall–Kier alpha value is -3.86. The smallest absolute Gasteiger partial charge is 0.407 e. The van der Waals surface area contributed by atoms with Crippen LogP contribution in [0.5, 0.6) is 0 Å². The molecule has 10 nitrogen and oxygen atoms in total. The molecule has 41 heavy (non-hydrogen) atoms. The van der Waals surface area contributed by atoms with Crippen molar-refractivity contribution in [3.63, 3.8) is 0 Å². The summed E-state index contributed by atoms with van der Waals surface area (Å²) in [5.41, 5.74) is 4.29. The fraction of sp³-hybridized carbons (Fsp3) is 0.400. The van der Waals surface area contributed by atoms with Crippen molar-refractivity contribution in [1.82, 2.24) is 10.3 Å². The van der Waals surface area contributed by atoms with Crippen molar-refractivity contribution >= 4 is 56.5 Å². The minimum absolute atomic E-state index is 0.120. The summed E-state index contributed by atoms with van der Waals surface area (Å²) in [5.74, 6) is -1.92. The van der Waals surface area contributed by atoms with Gasteiger partial charge in [0, 0.05) is 40.4 Å². The van der Waals surface area contributed by atoms with E-state index in [1.807, 2.05) is 12.1 Å². The number of aliphatic carboxylic acids is 1. The first-order valence-corrected chi connectivity index (χ1v) is 14.2. The first kappa shape index (κ1) is 30.1. The molecule has 1 unspecified atom stereocenters. The monoisotopic (exact) mass is 627 g/mol. The number of anilines is 1. The molecule has 0 bridgehead atoms. The van der Waals surface area contributed by atoms with Gasteiger partial charge in [0.1, 0.15) is 11.3 Å². The van der Waals surface area contributed by atoms with Crippen LogP contribution in [0.2, 0.25) is 0 Å². The van der Waals surface area contributed by atoms with Crippen LogP contribution in [0.3, 0.4) is 0 Å². The molecule has 2 aromatic carbocycles. The van der Waals surface area contributed by atoms with Gasteiger partial charge in [-0.2, -0.15) is 0 Å². The molecule has 1 atom stereocenters. The predicted octanol–water partition coefficient (Wildman–Crippen LogP) is 5.82. The quantitative estimate of drug-likeness (QED) is 0.219. The third kappa shape index (κ3) is 7.46. The highest BCUT2D eigenvalue weighted by Crippen LogP contribution is 2.42. The van der Waals surface area contributed by atoms with E-state index < -0.39 is 23.6 Å². The van der Waals surface area contributed by atoms with Crippen molar-refractivity contribution in [3.8, 4) is 0 Å². The molecular formula is C30H34BrN3O7. The van der Waals surface area contributed by atoms with Crippen LogP contribution in [0.25, 0.3) is 10.9 Å². The second-order valence-corrected chi connectivity index (χ2v) is 12.0. The van der Waals surface area contributed by atoms with Crippen LogP contribution >= 0.6 is 15.9 Å². The Morgan fingerprint density at radius 1 is 1.15 bits per heavy atom. The number of carboxylic acid groups (broad SMARTS) is 1. The number of aromatic amines is 1. The summed E-state index contributed by atoms with van der Waals surface area (Å²) in [4.78, 5) is 52.5. The number of hydrogen-bond donors (Lipinski definition) is 4. The van der Waals surface area contributed by atoms with Crippen LogP contribution in [0, 0.1) is 0 Å². The summed E-state index contributed by atoms with van der Waals surface area (Å²) in [6.07, 6.45) is 1.07. The number of carboxylic acids is 1. The van der Waals surface area contributed by atoms with Crippen LogP contribution in [0.4, 0.5) is 10.5 Å². The molecule has 1 heterocycles. The van der Waals surface area contributed by atoms with Crippen molar-refractivity contribution in [2.45, 2.75) is 70.9 Å². The maximum atomic E-state index is 13.3. The van der Waals surface area contributed by atoms with E-state index in [0.717, 1.165) is 38.5 Å². The second kappa shape index (κ2) is 12.3. The number of amides is 2. The number of aryl methyl sites for hydroxylation is 2. The van der Waals surface area contributed by atoms with Crippen LogP contribution in [0.1, 0.15) is 78.7 Å². The predicted molar refractivity (Wildman–Crippen MR) is 157 cm³/mol. The first-order valence-electron chi connectivity index (χ1n) is 13.4. The zero-order chi connectivity index (χ0) is 29.9. The Kier molecular flexibility index (Phi) is 9.06. The van der Waals surface area contributed by atoms with Crippen LogP contribution < -0.4 is 10.6 Å². The molecule has 4 rings (SSSR count). The van der Waals surface area contributed by atoms with Gasteiger partial charge in [-0.15, -0.1) is 0 Å². The number of nitrogens with one attached hydrogen (secondary N) is 3. The van der Waals surface area contributed by atoms with E-state index in [-0.39, 0.29) is 37.6 Å². The highest BCUT2D eigenvalue weighted by atomic mass is 79.9. The number of esters is 1. The maximum absolute atomic E-state index is 13.3. The van der Waals surface area contributed by atoms with Crippen molar-refractivity contribution < 1.29 is 33.8 Å². The first-order chi connectivity index (χ1) is 19.3. The van der Waals surface area contributed by atoms with Gasteiger partial charge >= 0.3 is 18.0 Å². The summed E-state index contributed by atoms with van der Waals surface area (Å²) in [6, 6.07) is 9.19. The molecule has 0 aliphatic heterocycles. The van der Waals surface area contributed by atoms with Gasteiger partial charge < -0.3 is 30.2 Å². The Morgan fingerprint density at radius 3 is 2.59 bits per heavy atom. The standard InChI is InChI=1S/C30H34BrN3O7/c1-30(2,3)41-29(39)32-15-16-5-9-21(17(11-16)8-10-24(36)37)33-23(35)13-19-7-6-18-12-20(31)14-22-25(18)26(19)27(34-22)28(38)40-4/h5,9,11-12,14,19,34H,6-8,10,13,15H2,1-4H3,(H,32,39)(H,33,35)(H,36,37). The van der Waals surface area contributed by atoms with Gasteiger partial charge in [0.2, 0.25) is 5.91 Å². The van der Waals surface area contributed by atoms with Crippen molar-refractivity contribution in [2.75, 3.05) is 12.4 Å². The van der Waals surface area contributed by atoms with E-state index in [1.54, 1.807) is 39.0 Å². The average molecular weight is 629 g/mol. The van der Waals surface area contributed by atoms with Crippen LogP contribution in [0.15, 0.2) is 34.8 Å². The number of ether oxygens (including phenoxy) is 2. The zero-order valence-electron chi connectivity index (χ0n) is 23.5. The third-order valence-corrected chi connectivity index (χ3v) is 7.32. The number of hydrogen-bond acceptors (Lipinski definition) is 6. The molecule has 3 aromatic rings. The number of rotatable bonds is 9. The van der Waals surface area contributed by atoms with Gasteiger partial charge in [-0.05, 0) is 86.4 Å². The van der Waals surface area contributed by atoms with Gasteiger partial charge in [-0.3, -0.25) is 9.59 Å². The van der Waals surface area contributed by atoms with E-state index >= 15 is 0 Å². The normalized spacial score (nSPS) is 14.4. The van der Waals surface area contributed by atoms with Crippen molar-refractivity contribution in [1.29, 1.82) is 0 Å². The Labute approximate surface area is 246 Å². The SMILES string of the molecule is COC(=O)c1[nH]c2cc(Br)cc3c2c1C(CC(=O)Nc1ccc(CNC(=O)OC(C)(C)C)cc1CCC(=O)O)CC3. The molecule has 0 saturated heterocycles. The number of alkyl carbamates (subject to hydrolysis) is 1. The number of benzene rings is 2. The van der Waals surface area contributed by atoms with E-state index in [2.05, 4.69) is 31.5 Å². The van der Waals surface area contributed by atoms with Crippen LogP contribution in [-0.4, -0.2) is 46.7 Å². The number of aromatic nitrogens is 1. The van der Waals surface area contributed by atoms with E-state index in [4.69, 9.17) is 9.47 Å². The number of carbonyl (C=O) groups is 4. The molecule has 0 fully saturated rings. The molecule has 11 heteroatoms. The lowest BCUT2D eigenvalue weighted by atomic mass is 9.81. The summed E-state index contributed by atoms with van der Waals surface area (Å²) in [5, 5.41) is 15.8. The lowest BCUT2D eigenvalue weighted by Gasteiger charge is -2.24. The molecule has 218 valence electrons. The lowest BCUT2D eigenvalue weighted by molar-refractivity contribution is -0.137. The minimum atomic E-state index is -0.959. The molecule has 0 spiro atoms. The third-order valence-electron chi connectivity index (χ3n) is 6.86. The van der Waals surface area contributed by atoms with Crippen molar-refractivity contribution in [2.24, 2.45) is 0 Å². The molecule has 1 aromatic heterocycles. The molecule has 0 saturated carbocycles. The summed E-state index contributed by atoms with van der Waals surface area (Å²) in [6.45, 7) is 5.50. The van der Waals surface area contributed by atoms with Gasteiger partial charge in [-0.1, -0.05) is 28.1 Å². The minimum Gasteiger partial charge on any atom is -0.481 e.